The van der Waals surface area contributed by atoms with Gasteiger partial charge in [-0.2, -0.15) is 0 Å². The van der Waals surface area contributed by atoms with E-state index >= 15 is 0 Å². The van der Waals surface area contributed by atoms with Crippen molar-refractivity contribution in [2.24, 2.45) is 0 Å². The molecule has 0 aromatic heterocycles. The van der Waals surface area contributed by atoms with Gasteiger partial charge in [0.15, 0.2) is 0 Å². The van der Waals surface area contributed by atoms with E-state index in [0.29, 0.717) is 12.1 Å². The molecule has 0 spiro atoms. The van der Waals surface area contributed by atoms with Crippen LogP contribution < -0.4 is 15.5 Å². The summed E-state index contributed by atoms with van der Waals surface area (Å²) in [6, 6.07) is 26.6. The zero-order chi connectivity index (χ0) is 20.1. The topological polar surface area (TPSA) is 61.4 Å². The minimum atomic E-state index is -0.285. The summed E-state index contributed by atoms with van der Waals surface area (Å²) in [6.45, 7) is 0.752. The Morgan fingerprint density at radius 1 is 0.828 bits per heavy atom. The average Bonchev–Trinajstić information content (AvgIpc) is 3.20. The molecule has 0 aliphatic carbocycles. The molecule has 1 heterocycles. The molecule has 29 heavy (non-hydrogen) atoms. The number of rotatable bonds is 5. The maximum absolute atomic E-state index is 12.7. The highest BCUT2D eigenvalue weighted by atomic mass is 16.2. The number of carbonyl (C=O) groups is 2. The first-order valence-corrected chi connectivity index (χ1v) is 9.78. The molecule has 0 saturated carbocycles. The number of anilines is 2. The van der Waals surface area contributed by atoms with Gasteiger partial charge in [-0.3, -0.25) is 4.79 Å². The predicted octanol–water partition coefficient (Wildman–Crippen LogP) is 4.72. The fourth-order valence-corrected chi connectivity index (χ4v) is 3.59. The van der Waals surface area contributed by atoms with E-state index in [4.69, 9.17) is 0 Å². The van der Waals surface area contributed by atoms with Crippen LogP contribution in [0.5, 0.6) is 0 Å². The number of nitrogens with one attached hydrogen (secondary N) is 2. The van der Waals surface area contributed by atoms with Gasteiger partial charge in [-0.15, -0.1) is 0 Å². The number of amides is 3. The van der Waals surface area contributed by atoms with Crippen LogP contribution in [0.4, 0.5) is 16.2 Å². The van der Waals surface area contributed by atoms with Gasteiger partial charge in [0.25, 0.3) is 0 Å². The lowest BCUT2D eigenvalue weighted by molar-refractivity contribution is -0.117. The highest BCUT2D eigenvalue weighted by Crippen LogP contribution is 2.24. The van der Waals surface area contributed by atoms with E-state index in [0.717, 1.165) is 29.8 Å². The summed E-state index contributed by atoms with van der Waals surface area (Å²) in [5, 5.41) is 5.95. The Morgan fingerprint density at radius 3 is 1.93 bits per heavy atom. The number of hydrogen-bond acceptors (Lipinski definition) is 2. The summed E-state index contributed by atoms with van der Waals surface area (Å²) in [4.78, 5) is 26.3. The molecule has 1 fully saturated rings. The largest absolute Gasteiger partial charge is 0.327 e. The Balaban J connectivity index is 1.46. The van der Waals surface area contributed by atoms with Crippen molar-refractivity contribution in [3.63, 3.8) is 0 Å². The SMILES string of the molecule is O=C(Nc1ccc(N2CCCC2=O)cc1)NC(c1ccccc1)c1ccccc1. The maximum atomic E-state index is 12.7. The summed E-state index contributed by atoms with van der Waals surface area (Å²) >= 11 is 0. The van der Waals surface area contributed by atoms with Gasteiger partial charge in [-0.25, -0.2) is 4.79 Å². The van der Waals surface area contributed by atoms with Crippen molar-refractivity contribution < 1.29 is 9.59 Å². The minimum absolute atomic E-state index is 0.150. The molecule has 3 aromatic rings. The van der Waals surface area contributed by atoms with Gasteiger partial charge in [0.2, 0.25) is 5.91 Å². The van der Waals surface area contributed by atoms with E-state index in [-0.39, 0.29) is 18.0 Å². The molecule has 5 heteroatoms. The molecule has 1 aliphatic heterocycles. The molecule has 0 unspecified atom stereocenters. The number of hydrogen-bond donors (Lipinski definition) is 2. The summed E-state index contributed by atoms with van der Waals surface area (Å²) in [5.41, 5.74) is 3.57. The fraction of sp³-hybridized carbons (Fsp3) is 0.167. The lowest BCUT2D eigenvalue weighted by atomic mass is 9.99. The Labute approximate surface area is 170 Å². The van der Waals surface area contributed by atoms with Crippen LogP contribution in [0, 0.1) is 0 Å². The smallest absolute Gasteiger partial charge is 0.319 e. The molecule has 3 aromatic carbocycles. The quantitative estimate of drug-likeness (QED) is 0.667. The molecule has 1 aliphatic rings. The monoisotopic (exact) mass is 385 g/mol. The predicted molar refractivity (Wildman–Crippen MR) is 115 cm³/mol. The number of nitrogens with zero attached hydrogens (tertiary/aromatic N) is 1. The Hall–Kier alpha value is -3.60. The van der Waals surface area contributed by atoms with Crippen molar-refractivity contribution >= 4 is 23.3 Å². The normalized spacial score (nSPS) is 13.6. The lowest BCUT2D eigenvalue weighted by Crippen LogP contribution is -2.33. The Kier molecular flexibility index (Phi) is 5.56. The summed E-state index contributed by atoms with van der Waals surface area (Å²) in [7, 11) is 0. The van der Waals surface area contributed by atoms with Crippen molar-refractivity contribution in [1.82, 2.24) is 5.32 Å². The second kappa shape index (κ2) is 8.61. The van der Waals surface area contributed by atoms with Crippen molar-refractivity contribution in [1.29, 1.82) is 0 Å². The van der Waals surface area contributed by atoms with Crippen LogP contribution in [0.15, 0.2) is 84.9 Å². The van der Waals surface area contributed by atoms with E-state index in [2.05, 4.69) is 10.6 Å². The number of carbonyl (C=O) groups excluding carboxylic acids is 2. The first-order valence-electron chi connectivity index (χ1n) is 9.78. The van der Waals surface area contributed by atoms with E-state index in [1.807, 2.05) is 84.9 Å². The molecule has 1 saturated heterocycles. The number of urea groups is 1. The van der Waals surface area contributed by atoms with Crippen LogP contribution in [0.3, 0.4) is 0 Å². The van der Waals surface area contributed by atoms with E-state index in [1.54, 1.807) is 4.90 Å². The molecule has 146 valence electrons. The van der Waals surface area contributed by atoms with Gasteiger partial charge in [-0.05, 0) is 41.8 Å². The second-order valence-electron chi connectivity index (χ2n) is 7.05. The molecule has 5 nitrogen and oxygen atoms in total. The third kappa shape index (κ3) is 4.46. The van der Waals surface area contributed by atoms with Gasteiger partial charge in [0.1, 0.15) is 0 Å². The van der Waals surface area contributed by atoms with E-state index < -0.39 is 0 Å². The van der Waals surface area contributed by atoms with Crippen molar-refractivity contribution in [2.45, 2.75) is 18.9 Å². The highest BCUT2D eigenvalue weighted by molar-refractivity contribution is 5.96. The van der Waals surface area contributed by atoms with Crippen molar-refractivity contribution in [3.8, 4) is 0 Å². The molecule has 3 amide bonds. The van der Waals surface area contributed by atoms with Gasteiger partial charge >= 0.3 is 6.03 Å². The van der Waals surface area contributed by atoms with Crippen LogP contribution in [-0.2, 0) is 4.79 Å². The molecule has 0 atom stereocenters. The third-order valence-electron chi connectivity index (χ3n) is 5.05. The molecule has 2 N–H and O–H groups in total. The van der Waals surface area contributed by atoms with Crippen LogP contribution in [0.2, 0.25) is 0 Å². The maximum Gasteiger partial charge on any atom is 0.319 e. The van der Waals surface area contributed by atoms with Crippen molar-refractivity contribution in [2.75, 3.05) is 16.8 Å². The first kappa shape index (κ1) is 18.7. The molecule has 4 rings (SSSR count). The lowest BCUT2D eigenvalue weighted by Gasteiger charge is -2.20. The standard InChI is InChI=1S/C24H23N3O2/c28-22-12-7-17-27(22)21-15-13-20(14-16-21)25-24(29)26-23(18-8-3-1-4-9-18)19-10-5-2-6-11-19/h1-6,8-11,13-16,23H,7,12,17H2,(H2,25,26,29). The average molecular weight is 385 g/mol. The van der Waals surface area contributed by atoms with Crippen LogP contribution >= 0.6 is 0 Å². The summed E-state index contributed by atoms with van der Waals surface area (Å²) in [6.07, 6.45) is 1.49. The minimum Gasteiger partial charge on any atom is -0.327 e. The van der Waals surface area contributed by atoms with E-state index in [9.17, 15) is 9.59 Å². The van der Waals surface area contributed by atoms with Gasteiger partial charge in [-0.1, -0.05) is 60.7 Å². The molecule has 0 bridgehead atoms. The third-order valence-corrected chi connectivity index (χ3v) is 5.05. The summed E-state index contributed by atoms with van der Waals surface area (Å²) < 4.78 is 0. The van der Waals surface area contributed by atoms with Gasteiger partial charge in [0, 0.05) is 24.3 Å². The number of benzene rings is 3. The van der Waals surface area contributed by atoms with Crippen LogP contribution in [0.25, 0.3) is 0 Å². The Morgan fingerprint density at radius 2 is 1.41 bits per heavy atom. The highest BCUT2D eigenvalue weighted by Gasteiger charge is 2.21. The summed E-state index contributed by atoms with van der Waals surface area (Å²) in [5.74, 6) is 0.150. The van der Waals surface area contributed by atoms with Crippen molar-refractivity contribution in [3.05, 3.63) is 96.1 Å². The fourth-order valence-electron chi connectivity index (χ4n) is 3.59. The Bertz CT molecular complexity index is 933. The molecular formula is C24H23N3O2. The van der Waals surface area contributed by atoms with Crippen LogP contribution in [0.1, 0.15) is 30.0 Å². The second-order valence-corrected chi connectivity index (χ2v) is 7.05. The molecular weight excluding hydrogens is 362 g/mol. The first-order chi connectivity index (χ1) is 14.2. The van der Waals surface area contributed by atoms with Gasteiger partial charge < -0.3 is 15.5 Å². The van der Waals surface area contributed by atoms with E-state index in [1.165, 1.54) is 0 Å². The zero-order valence-electron chi connectivity index (χ0n) is 16.0. The molecule has 0 radical (unpaired) electrons. The van der Waals surface area contributed by atoms with Gasteiger partial charge in [0.05, 0.1) is 6.04 Å². The zero-order valence-corrected chi connectivity index (χ0v) is 16.0. The van der Waals surface area contributed by atoms with Crippen LogP contribution in [-0.4, -0.2) is 18.5 Å².